The van der Waals surface area contributed by atoms with Gasteiger partial charge in [0, 0.05) is 18.9 Å². The fourth-order valence-corrected chi connectivity index (χ4v) is 9.75. The Kier molecular flexibility index (Phi) is 9.22. The van der Waals surface area contributed by atoms with Gasteiger partial charge in [0.1, 0.15) is 17.3 Å². The third kappa shape index (κ3) is 6.34. The third-order valence-electron chi connectivity index (χ3n) is 11.7. The molecule has 0 aromatic heterocycles. The maximum Gasteiger partial charge on any atom is 0.220 e. The van der Waals surface area contributed by atoms with E-state index in [1.165, 1.54) is 6.42 Å². The standard InChI is InChI=1S/C34H50N2O6/c1-33-13-10-24(37)18-23(33)6-7-27-28-8-9-29(38)34(28,2)20-22(32(27)33)5-3-4-21-16-25(41-14-11-30(35)39)19-26(17-21)42-15-12-31(36)40/h16-17,19,22-23,27-29,32,38H,3-15,18,20H2,1-2H3,(H2,35,39)(H2,36,40)/t22-,23?,27-,28-,29-,32-,33-,34-/m0/s1. The van der Waals surface area contributed by atoms with Crippen LogP contribution in [-0.4, -0.2) is 42.0 Å². The van der Waals surface area contributed by atoms with Gasteiger partial charge in [-0.3, -0.25) is 14.4 Å². The molecule has 1 aromatic carbocycles. The Bertz CT molecular complexity index is 1130. The van der Waals surface area contributed by atoms with Gasteiger partial charge in [0.05, 0.1) is 32.2 Å². The number of ether oxygens (including phenoxy) is 2. The molecule has 1 aromatic rings. The van der Waals surface area contributed by atoms with Crippen molar-refractivity contribution in [2.24, 2.45) is 51.9 Å². The number of aryl methyl sites for hydroxylation is 1. The van der Waals surface area contributed by atoms with Crippen LogP contribution in [0.2, 0.25) is 0 Å². The second kappa shape index (κ2) is 12.6. The summed E-state index contributed by atoms with van der Waals surface area (Å²) in [6.45, 7) is 5.22. The van der Waals surface area contributed by atoms with Crippen molar-refractivity contribution in [3.63, 3.8) is 0 Å². The molecule has 1 unspecified atom stereocenters. The molecule has 8 nitrogen and oxygen atoms in total. The smallest absolute Gasteiger partial charge is 0.220 e. The number of rotatable bonds is 12. The summed E-state index contributed by atoms with van der Waals surface area (Å²) in [5, 5.41) is 11.2. The SMILES string of the molecule is C[C@]12C[C@H](CCCc3cc(OCCC(N)=O)cc(OCCC(N)=O)c3)[C@H]3[C@@H](CCC4CC(=O)CC[C@@]43C)[C@@H]1CC[C@@H]2O. The quantitative estimate of drug-likeness (QED) is 0.326. The van der Waals surface area contributed by atoms with E-state index in [2.05, 4.69) is 13.8 Å². The van der Waals surface area contributed by atoms with E-state index in [-0.39, 0.29) is 43.0 Å². The van der Waals surface area contributed by atoms with Crippen LogP contribution in [-0.2, 0) is 20.8 Å². The van der Waals surface area contributed by atoms with Gasteiger partial charge in [0.25, 0.3) is 0 Å². The number of hydrogen-bond acceptors (Lipinski definition) is 6. The van der Waals surface area contributed by atoms with Crippen molar-refractivity contribution in [3.05, 3.63) is 23.8 Å². The van der Waals surface area contributed by atoms with Crippen LogP contribution in [0, 0.1) is 40.4 Å². The van der Waals surface area contributed by atoms with Crippen molar-refractivity contribution in [1.29, 1.82) is 0 Å². The van der Waals surface area contributed by atoms with Crippen molar-refractivity contribution in [2.45, 2.75) is 103 Å². The molecule has 42 heavy (non-hydrogen) atoms. The van der Waals surface area contributed by atoms with Crippen molar-refractivity contribution >= 4 is 17.6 Å². The highest BCUT2D eigenvalue weighted by Crippen LogP contribution is 2.68. The summed E-state index contributed by atoms with van der Waals surface area (Å²) >= 11 is 0. The lowest BCUT2D eigenvalue weighted by Crippen LogP contribution is -2.57. The van der Waals surface area contributed by atoms with Crippen molar-refractivity contribution in [2.75, 3.05) is 13.2 Å². The largest absolute Gasteiger partial charge is 0.493 e. The first-order valence-electron chi connectivity index (χ1n) is 16.2. The molecule has 5 rings (SSSR count). The number of aliphatic hydroxyl groups excluding tert-OH is 1. The summed E-state index contributed by atoms with van der Waals surface area (Å²) in [5.41, 5.74) is 11.8. The topological polar surface area (TPSA) is 142 Å². The predicted octanol–water partition coefficient (Wildman–Crippen LogP) is 4.72. The summed E-state index contributed by atoms with van der Waals surface area (Å²) in [5.74, 6) is 3.65. The molecule has 0 radical (unpaired) electrons. The summed E-state index contributed by atoms with van der Waals surface area (Å²) in [6, 6.07) is 5.76. The predicted molar refractivity (Wildman–Crippen MR) is 160 cm³/mol. The van der Waals surface area contributed by atoms with E-state index in [0.29, 0.717) is 53.3 Å². The Balaban J connectivity index is 1.32. The Morgan fingerprint density at radius 3 is 2.26 bits per heavy atom. The zero-order valence-electron chi connectivity index (χ0n) is 25.4. The Hall–Kier alpha value is -2.61. The van der Waals surface area contributed by atoms with Gasteiger partial charge in [0.15, 0.2) is 0 Å². The molecule has 5 N–H and O–H groups in total. The summed E-state index contributed by atoms with van der Waals surface area (Å²) in [4.78, 5) is 34.9. The van der Waals surface area contributed by atoms with Crippen molar-refractivity contribution in [1.82, 2.24) is 0 Å². The van der Waals surface area contributed by atoms with E-state index >= 15 is 0 Å². The number of carbonyl (C=O) groups excluding carboxylic acids is 3. The molecule has 4 aliphatic rings. The zero-order valence-corrected chi connectivity index (χ0v) is 25.4. The van der Waals surface area contributed by atoms with Crippen LogP contribution in [0.4, 0.5) is 0 Å². The van der Waals surface area contributed by atoms with Crippen LogP contribution >= 0.6 is 0 Å². The second-order valence-corrected chi connectivity index (χ2v) is 14.2. The first kappa shape index (κ1) is 30.8. The van der Waals surface area contributed by atoms with E-state index < -0.39 is 11.8 Å². The van der Waals surface area contributed by atoms with Gasteiger partial charge in [0.2, 0.25) is 11.8 Å². The second-order valence-electron chi connectivity index (χ2n) is 14.2. The van der Waals surface area contributed by atoms with E-state index in [9.17, 15) is 19.5 Å². The molecule has 0 heterocycles. The Morgan fingerprint density at radius 2 is 1.62 bits per heavy atom. The van der Waals surface area contributed by atoms with Crippen LogP contribution in [0.3, 0.4) is 0 Å². The third-order valence-corrected chi connectivity index (χ3v) is 11.7. The summed E-state index contributed by atoms with van der Waals surface area (Å²) in [6.07, 6.45) is 10.9. The van der Waals surface area contributed by atoms with Gasteiger partial charge >= 0.3 is 0 Å². The van der Waals surface area contributed by atoms with E-state index in [1.807, 2.05) is 12.1 Å². The number of nitrogens with two attached hydrogens (primary N) is 2. The molecule has 4 saturated carbocycles. The van der Waals surface area contributed by atoms with Gasteiger partial charge in [-0.1, -0.05) is 13.8 Å². The number of carbonyl (C=O) groups is 3. The van der Waals surface area contributed by atoms with Crippen molar-refractivity contribution in [3.8, 4) is 11.5 Å². The van der Waals surface area contributed by atoms with Crippen molar-refractivity contribution < 1.29 is 29.0 Å². The number of fused-ring (bicyclic) bond motifs is 5. The molecular weight excluding hydrogens is 532 g/mol. The number of hydrogen-bond donors (Lipinski definition) is 3. The highest BCUT2D eigenvalue weighted by atomic mass is 16.5. The first-order chi connectivity index (χ1) is 20.0. The lowest BCUT2D eigenvalue weighted by molar-refractivity contribution is -0.159. The molecule has 0 saturated heterocycles. The summed E-state index contributed by atoms with van der Waals surface area (Å²) < 4.78 is 11.6. The Morgan fingerprint density at radius 1 is 0.952 bits per heavy atom. The van der Waals surface area contributed by atoms with Gasteiger partial charge in [-0.2, -0.15) is 0 Å². The zero-order chi connectivity index (χ0) is 30.1. The molecule has 4 aliphatic carbocycles. The van der Waals surface area contributed by atoms with Crippen LogP contribution in [0.1, 0.15) is 96.5 Å². The lowest BCUT2D eigenvalue weighted by atomic mass is 9.42. The van der Waals surface area contributed by atoms with Gasteiger partial charge in [-0.25, -0.2) is 0 Å². The molecule has 8 heteroatoms. The number of primary amides is 2. The Labute approximate surface area is 250 Å². The van der Waals surface area contributed by atoms with Gasteiger partial charge in [-0.15, -0.1) is 0 Å². The minimum atomic E-state index is -0.417. The van der Waals surface area contributed by atoms with E-state index in [0.717, 1.165) is 63.4 Å². The maximum atomic E-state index is 12.5. The molecule has 0 aliphatic heterocycles. The average Bonchev–Trinajstić information content (AvgIpc) is 3.22. The highest BCUT2D eigenvalue weighted by molar-refractivity contribution is 5.79. The highest BCUT2D eigenvalue weighted by Gasteiger charge is 2.62. The van der Waals surface area contributed by atoms with Crippen LogP contribution in [0.15, 0.2) is 18.2 Å². The lowest BCUT2D eigenvalue weighted by Gasteiger charge is -2.62. The van der Waals surface area contributed by atoms with Gasteiger partial charge in [-0.05, 0) is 116 Å². The first-order valence-corrected chi connectivity index (χ1v) is 16.2. The molecular formula is C34H50N2O6. The van der Waals surface area contributed by atoms with E-state index in [4.69, 9.17) is 20.9 Å². The normalized spacial score (nSPS) is 35.5. The molecule has 8 atom stereocenters. The number of aliphatic hydroxyl groups is 1. The van der Waals surface area contributed by atoms with Crippen LogP contribution in [0.5, 0.6) is 11.5 Å². The maximum absolute atomic E-state index is 12.5. The molecule has 2 amide bonds. The molecule has 232 valence electrons. The number of Topliss-reactive ketones (excluding diaryl/α,β-unsaturated/α-hetero) is 1. The number of benzene rings is 1. The minimum absolute atomic E-state index is 0.0187. The monoisotopic (exact) mass is 582 g/mol. The van der Waals surface area contributed by atoms with Gasteiger partial charge < -0.3 is 26.0 Å². The van der Waals surface area contributed by atoms with Crippen LogP contribution < -0.4 is 20.9 Å². The summed E-state index contributed by atoms with van der Waals surface area (Å²) in [7, 11) is 0. The average molecular weight is 583 g/mol. The molecule has 0 spiro atoms. The molecule has 4 fully saturated rings. The fraction of sp³-hybridized carbons (Fsp3) is 0.735. The van der Waals surface area contributed by atoms with E-state index in [1.54, 1.807) is 6.07 Å². The number of ketones is 1. The molecule has 0 bridgehead atoms. The fourth-order valence-electron chi connectivity index (χ4n) is 9.75. The number of amides is 2. The minimum Gasteiger partial charge on any atom is -0.493 e. The van der Waals surface area contributed by atoms with Crippen LogP contribution in [0.25, 0.3) is 0 Å².